The quantitative estimate of drug-likeness (QED) is 0.334. The second kappa shape index (κ2) is 11.8. The van der Waals surface area contributed by atoms with Crippen molar-refractivity contribution in [1.29, 1.82) is 0 Å². The Labute approximate surface area is 164 Å². The first kappa shape index (κ1) is 21.5. The smallest absolute Gasteiger partial charge is 0.227 e. The number of allylic oxidation sites excluding steroid dienone is 3. The Morgan fingerprint density at radius 1 is 1.35 bits per heavy atom. The van der Waals surface area contributed by atoms with Crippen LogP contribution in [0.2, 0.25) is 0 Å². The summed E-state index contributed by atoms with van der Waals surface area (Å²) in [4.78, 5) is 15.2. The van der Waals surface area contributed by atoms with Crippen LogP contribution in [0.4, 0.5) is 0 Å². The number of carbonyl (C=O) groups is 1. The average molecular weight is 383 g/mol. The van der Waals surface area contributed by atoms with Crippen LogP contribution in [0.3, 0.4) is 0 Å². The molecule has 2 fully saturated rings. The molecule has 0 aromatic heterocycles. The molecule has 0 spiro atoms. The number of nitrogens with one attached hydrogen (secondary N) is 1. The first-order chi connectivity index (χ1) is 12.7. The largest absolute Gasteiger partial charge is 0.385 e. The molecule has 1 aliphatic heterocycles. The number of ether oxygens (including phenoxy) is 1. The van der Waals surface area contributed by atoms with E-state index in [0.29, 0.717) is 17.8 Å². The number of halogens is 1. The van der Waals surface area contributed by atoms with Gasteiger partial charge < -0.3 is 15.0 Å². The summed E-state index contributed by atoms with van der Waals surface area (Å²) in [7, 11) is 1.73. The van der Waals surface area contributed by atoms with Gasteiger partial charge in [0, 0.05) is 38.7 Å². The maximum absolute atomic E-state index is 13.1. The average Bonchev–Trinajstić information content (AvgIpc) is 3.50. The van der Waals surface area contributed by atoms with Crippen LogP contribution >= 0.6 is 11.6 Å². The van der Waals surface area contributed by atoms with E-state index in [1.165, 1.54) is 11.1 Å². The predicted molar refractivity (Wildman–Crippen MR) is 109 cm³/mol. The van der Waals surface area contributed by atoms with E-state index in [4.69, 9.17) is 16.3 Å². The van der Waals surface area contributed by atoms with Crippen molar-refractivity contribution >= 4 is 17.5 Å². The monoisotopic (exact) mass is 382 g/mol. The van der Waals surface area contributed by atoms with E-state index in [-0.39, 0.29) is 5.92 Å². The van der Waals surface area contributed by atoms with E-state index >= 15 is 0 Å². The molecule has 5 heteroatoms. The van der Waals surface area contributed by atoms with Crippen molar-refractivity contribution in [2.24, 2.45) is 5.92 Å². The Bertz CT molecular complexity index is 494. The maximum atomic E-state index is 13.1. The third kappa shape index (κ3) is 7.05. The van der Waals surface area contributed by atoms with Gasteiger partial charge in [0.25, 0.3) is 0 Å². The molecule has 2 rings (SSSR count). The normalized spacial score (nSPS) is 21.7. The van der Waals surface area contributed by atoms with Crippen molar-refractivity contribution in [3.63, 3.8) is 0 Å². The summed E-state index contributed by atoms with van der Waals surface area (Å²) in [5, 5.41) is 3.38. The zero-order valence-electron chi connectivity index (χ0n) is 16.4. The highest BCUT2D eigenvalue weighted by Crippen LogP contribution is 2.30. The highest BCUT2D eigenvalue weighted by Gasteiger charge is 2.36. The first-order valence-electron chi connectivity index (χ1n) is 10.1. The summed E-state index contributed by atoms with van der Waals surface area (Å²) >= 11 is 5.95. The molecule has 1 atom stereocenters. The second-order valence-corrected chi connectivity index (χ2v) is 7.74. The molecule has 1 heterocycles. The molecule has 0 bridgehead atoms. The van der Waals surface area contributed by atoms with Crippen molar-refractivity contribution in [2.45, 2.75) is 57.9 Å². The number of hydrogen-bond acceptors (Lipinski definition) is 3. The molecule has 1 aliphatic carbocycles. The van der Waals surface area contributed by atoms with Crippen LogP contribution in [0, 0.1) is 5.92 Å². The van der Waals surface area contributed by atoms with Gasteiger partial charge in [0.1, 0.15) is 0 Å². The highest BCUT2D eigenvalue weighted by atomic mass is 35.5. The maximum Gasteiger partial charge on any atom is 0.227 e. The fraction of sp³-hybridized carbons (Fsp3) is 0.762. The van der Waals surface area contributed by atoms with Gasteiger partial charge in [0.2, 0.25) is 5.91 Å². The lowest BCUT2D eigenvalue weighted by molar-refractivity contribution is -0.136. The third-order valence-electron chi connectivity index (χ3n) is 5.29. The van der Waals surface area contributed by atoms with Crippen molar-refractivity contribution in [2.75, 3.05) is 39.2 Å². The van der Waals surface area contributed by atoms with Crippen molar-refractivity contribution in [3.8, 4) is 0 Å². The molecule has 0 unspecified atom stereocenters. The fourth-order valence-electron chi connectivity index (χ4n) is 3.56. The summed E-state index contributed by atoms with van der Waals surface area (Å²) in [6.07, 6.45) is 11.7. The Hall–Kier alpha value is -0.840. The number of nitrogens with zero attached hydrogens (tertiary/aromatic N) is 1. The van der Waals surface area contributed by atoms with E-state index in [0.717, 1.165) is 71.2 Å². The van der Waals surface area contributed by atoms with Crippen molar-refractivity contribution in [3.05, 3.63) is 23.3 Å². The molecule has 1 saturated heterocycles. The van der Waals surface area contributed by atoms with Crippen molar-refractivity contribution < 1.29 is 9.53 Å². The van der Waals surface area contributed by atoms with E-state index in [9.17, 15) is 4.79 Å². The first-order valence-corrected chi connectivity index (χ1v) is 10.7. The third-order valence-corrected chi connectivity index (χ3v) is 5.44. The fourth-order valence-corrected chi connectivity index (χ4v) is 3.76. The molecule has 1 N–H and O–H groups in total. The molecule has 2 aliphatic rings. The summed E-state index contributed by atoms with van der Waals surface area (Å²) < 4.78 is 5.16. The topological polar surface area (TPSA) is 41.6 Å². The summed E-state index contributed by atoms with van der Waals surface area (Å²) in [6.45, 7) is 5.58. The molecule has 148 valence electrons. The number of rotatable bonds is 11. The SMILES string of the molecule is CC/C(=C\C(=C/CCl)CCCOC)CN(C(=O)[C@@H]1CCCNC1)C1CC1. The van der Waals surface area contributed by atoms with Crippen LogP contribution in [0.5, 0.6) is 0 Å². The van der Waals surface area contributed by atoms with Gasteiger partial charge in [0.15, 0.2) is 0 Å². The second-order valence-electron chi connectivity index (χ2n) is 7.43. The summed E-state index contributed by atoms with van der Waals surface area (Å²) in [5.41, 5.74) is 2.58. The van der Waals surface area contributed by atoms with E-state index in [1.54, 1.807) is 7.11 Å². The van der Waals surface area contributed by atoms with Gasteiger partial charge >= 0.3 is 0 Å². The summed E-state index contributed by atoms with van der Waals surface area (Å²) in [5.74, 6) is 1.03. The molecule has 1 amide bonds. The van der Waals surface area contributed by atoms with Crippen molar-refractivity contribution in [1.82, 2.24) is 10.2 Å². The number of methoxy groups -OCH3 is 1. The van der Waals surface area contributed by atoms with Gasteiger partial charge in [-0.3, -0.25) is 4.79 Å². The van der Waals surface area contributed by atoms with Crippen LogP contribution < -0.4 is 5.32 Å². The molecular weight excluding hydrogens is 348 g/mol. The number of piperidine rings is 1. The zero-order chi connectivity index (χ0) is 18.8. The molecule has 0 aromatic carbocycles. The van der Waals surface area contributed by atoms with Gasteiger partial charge in [-0.05, 0) is 51.5 Å². The molecule has 1 saturated carbocycles. The Balaban J connectivity index is 2.03. The standard InChI is InChI=1S/C21H35ClN2O2/c1-3-17(14-18(10-11-22)6-5-13-26-2)16-24(20-8-9-20)21(25)19-7-4-12-23-15-19/h10,14,19-20,23H,3-9,11-13,15-16H2,1-2H3/b17-14+,18-10-/t19-/m1/s1. The van der Waals surface area contributed by atoms with Crippen LogP contribution in [-0.2, 0) is 9.53 Å². The Morgan fingerprint density at radius 2 is 2.15 bits per heavy atom. The minimum atomic E-state index is 0.155. The van der Waals surface area contributed by atoms with Crippen LogP contribution in [0.25, 0.3) is 0 Å². The molecule has 4 nitrogen and oxygen atoms in total. The van der Waals surface area contributed by atoms with Gasteiger partial charge in [-0.15, -0.1) is 11.6 Å². The lowest BCUT2D eigenvalue weighted by Crippen LogP contribution is -2.44. The lowest BCUT2D eigenvalue weighted by Gasteiger charge is -2.30. The van der Waals surface area contributed by atoms with Crippen LogP contribution in [0.15, 0.2) is 23.3 Å². The number of carbonyl (C=O) groups excluding carboxylic acids is 1. The Kier molecular flexibility index (Phi) is 9.73. The minimum absolute atomic E-state index is 0.155. The highest BCUT2D eigenvalue weighted by molar-refractivity contribution is 6.18. The Morgan fingerprint density at radius 3 is 2.73 bits per heavy atom. The minimum Gasteiger partial charge on any atom is -0.385 e. The zero-order valence-corrected chi connectivity index (χ0v) is 17.2. The van der Waals surface area contributed by atoms with Gasteiger partial charge in [0.05, 0.1) is 5.92 Å². The number of alkyl halides is 1. The number of amides is 1. The van der Waals surface area contributed by atoms with Gasteiger partial charge in [-0.2, -0.15) is 0 Å². The molecular formula is C21H35ClN2O2. The predicted octanol–water partition coefficient (Wildman–Crippen LogP) is 3.91. The van der Waals surface area contributed by atoms with E-state index in [1.807, 2.05) is 0 Å². The van der Waals surface area contributed by atoms with Crippen LogP contribution in [0.1, 0.15) is 51.9 Å². The van der Waals surface area contributed by atoms with E-state index < -0.39 is 0 Å². The lowest BCUT2D eigenvalue weighted by atomic mass is 9.97. The molecule has 0 radical (unpaired) electrons. The van der Waals surface area contributed by atoms with Gasteiger partial charge in [-0.1, -0.05) is 30.2 Å². The molecule has 0 aromatic rings. The molecule has 26 heavy (non-hydrogen) atoms. The van der Waals surface area contributed by atoms with E-state index in [2.05, 4.69) is 29.3 Å². The number of hydrogen-bond donors (Lipinski definition) is 1. The summed E-state index contributed by atoms with van der Waals surface area (Å²) in [6, 6.07) is 0.452. The van der Waals surface area contributed by atoms with Gasteiger partial charge in [-0.25, -0.2) is 0 Å². The van der Waals surface area contributed by atoms with Crippen LogP contribution in [-0.4, -0.2) is 56.1 Å².